The molecule has 0 saturated heterocycles. The highest BCUT2D eigenvalue weighted by molar-refractivity contribution is 9.10. The summed E-state index contributed by atoms with van der Waals surface area (Å²) in [7, 11) is 0. The van der Waals surface area contributed by atoms with Crippen molar-refractivity contribution in [2.45, 2.75) is 0 Å². The Morgan fingerprint density at radius 2 is 1.65 bits per heavy atom. The second kappa shape index (κ2) is 5.52. The molecule has 5 heteroatoms. The van der Waals surface area contributed by atoms with Crippen LogP contribution in [0.3, 0.4) is 0 Å². The third-order valence-corrected chi connectivity index (χ3v) is 4.11. The molecule has 0 unspecified atom stereocenters. The number of rotatable bonds is 2. The molecule has 4 nitrogen and oxygen atoms in total. The smallest absolute Gasteiger partial charge is 0.259 e. The minimum atomic E-state index is -0.174. The molecule has 0 aliphatic carbocycles. The zero-order valence-electron chi connectivity index (χ0n) is 11.9. The van der Waals surface area contributed by atoms with E-state index in [2.05, 4.69) is 25.9 Å². The minimum Gasteiger partial charge on any atom is -0.453 e. The molecule has 2 aromatic heterocycles. The molecule has 0 aliphatic rings. The van der Waals surface area contributed by atoms with Gasteiger partial charge in [0.15, 0.2) is 11.6 Å². The SMILES string of the molecule is O=c1[nH]c(-c2ccc(-c3ccc(Br)cc3)o2)nc2ccccc12. The topological polar surface area (TPSA) is 58.9 Å². The number of para-hydroxylation sites is 1. The number of H-pyrrole nitrogens is 1. The summed E-state index contributed by atoms with van der Waals surface area (Å²) in [5.41, 5.74) is 1.43. The predicted molar refractivity (Wildman–Crippen MR) is 93.2 cm³/mol. The van der Waals surface area contributed by atoms with Crippen molar-refractivity contribution in [1.82, 2.24) is 9.97 Å². The molecule has 0 spiro atoms. The van der Waals surface area contributed by atoms with E-state index in [-0.39, 0.29) is 5.56 Å². The molecule has 23 heavy (non-hydrogen) atoms. The average molecular weight is 367 g/mol. The van der Waals surface area contributed by atoms with Crippen LogP contribution in [0.1, 0.15) is 0 Å². The molecule has 4 rings (SSSR count). The summed E-state index contributed by atoms with van der Waals surface area (Å²) in [5, 5.41) is 0.566. The summed E-state index contributed by atoms with van der Waals surface area (Å²) in [6, 6.07) is 18.7. The largest absolute Gasteiger partial charge is 0.453 e. The Morgan fingerprint density at radius 3 is 2.48 bits per heavy atom. The van der Waals surface area contributed by atoms with Crippen molar-refractivity contribution in [2.24, 2.45) is 0 Å². The van der Waals surface area contributed by atoms with Crippen molar-refractivity contribution >= 4 is 26.8 Å². The van der Waals surface area contributed by atoms with E-state index >= 15 is 0 Å². The number of hydrogen-bond donors (Lipinski definition) is 1. The number of nitrogens with one attached hydrogen (secondary N) is 1. The predicted octanol–water partition coefficient (Wildman–Crippen LogP) is 4.61. The van der Waals surface area contributed by atoms with E-state index in [9.17, 15) is 4.79 Å². The van der Waals surface area contributed by atoms with Gasteiger partial charge in [0.2, 0.25) is 0 Å². The van der Waals surface area contributed by atoms with E-state index < -0.39 is 0 Å². The summed E-state index contributed by atoms with van der Waals surface area (Å²) in [5.74, 6) is 1.69. The zero-order valence-corrected chi connectivity index (χ0v) is 13.5. The van der Waals surface area contributed by atoms with Crippen molar-refractivity contribution in [3.8, 4) is 22.9 Å². The zero-order chi connectivity index (χ0) is 15.8. The Morgan fingerprint density at radius 1 is 0.913 bits per heavy atom. The minimum absolute atomic E-state index is 0.174. The first-order valence-electron chi connectivity index (χ1n) is 7.06. The standard InChI is InChI=1S/C18H11BrN2O2/c19-12-7-5-11(6-8-12)15-9-10-16(23-15)17-20-14-4-2-1-3-13(14)18(22)21-17/h1-10H,(H,20,21,22). The Balaban J connectivity index is 1.80. The van der Waals surface area contributed by atoms with Crippen LogP contribution in [-0.2, 0) is 0 Å². The number of halogens is 1. The number of aromatic nitrogens is 2. The quantitative estimate of drug-likeness (QED) is 0.563. The highest BCUT2D eigenvalue weighted by atomic mass is 79.9. The van der Waals surface area contributed by atoms with Gasteiger partial charge in [0.05, 0.1) is 10.9 Å². The Kier molecular flexibility index (Phi) is 3.35. The fraction of sp³-hybridized carbons (Fsp3) is 0. The molecular formula is C18H11BrN2O2. The summed E-state index contributed by atoms with van der Waals surface area (Å²) >= 11 is 3.41. The van der Waals surface area contributed by atoms with E-state index in [0.29, 0.717) is 22.5 Å². The van der Waals surface area contributed by atoms with Crippen LogP contribution < -0.4 is 5.56 Å². The van der Waals surface area contributed by atoms with Gasteiger partial charge in [0, 0.05) is 10.0 Å². The van der Waals surface area contributed by atoms with Crippen LogP contribution >= 0.6 is 15.9 Å². The van der Waals surface area contributed by atoms with Crippen LogP contribution in [0.25, 0.3) is 33.8 Å². The second-order valence-corrected chi connectivity index (χ2v) is 6.02. The van der Waals surface area contributed by atoms with Crippen molar-refractivity contribution in [3.05, 3.63) is 75.5 Å². The van der Waals surface area contributed by atoms with Gasteiger partial charge < -0.3 is 9.40 Å². The van der Waals surface area contributed by atoms with Gasteiger partial charge in [-0.05, 0) is 36.4 Å². The lowest BCUT2D eigenvalue weighted by molar-refractivity contribution is 0.592. The number of hydrogen-bond acceptors (Lipinski definition) is 3. The monoisotopic (exact) mass is 366 g/mol. The van der Waals surface area contributed by atoms with Crippen LogP contribution in [0.2, 0.25) is 0 Å². The molecular weight excluding hydrogens is 356 g/mol. The van der Waals surface area contributed by atoms with Crippen molar-refractivity contribution < 1.29 is 4.42 Å². The summed E-state index contributed by atoms with van der Waals surface area (Å²) in [6.45, 7) is 0. The van der Waals surface area contributed by atoms with E-state index in [1.165, 1.54) is 0 Å². The molecule has 0 atom stereocenters. The molecule has 0 fully saturated rings. The lowest BCUT2D eigenvalue weighted by Gasteiger charge is -2.01. The molecule has 1 N–H and O–H groups in total. The molecule has 0 bridgehead atoms. The molecule has 112 valence electrons. The van der Waals surface area contributed by atoms with Gasteiger partial charge in [-0.1, -0.05) is 40.2 Å². The lowest BCUT2D eigenvalue weighted by atomic mass is 10.2. The Labute approximate surface area is 139 Å². The van der Waals surface area contributed by atoms with Gasteiger partial charge in [-0.2, -0.15) is 0 Å². The first kappa shape index (κ1) is 14.0. The van der Waals surface area contributed by atoms with Crippen LogP contribution in [0.5, 0.6) is 0 Å². The van der Waals surface area contributed by atoms with Crippen molar-refractivity contribution in [1.29, 1.82) is 0 Å². The van der Waals surface area contributed by atoms with E-state index in [4.69, 9.17) is 4.42 Å². The number of fused-ring (bicyclic) bond motifs is 1. The van der Waals surface area contributed by atoms with Crippen LogP contribution in [0.15, 0.2) is 74.3 Å². The molecule has 2 aromatic carbocycles. The van der Waals surface area contributed by atoms with Crippen LogP contribution in [-0.4, -0.2) is 9.97 Å². The number of nitrogens with zero attached hydrogens (tertiary/aromatic N) is 1. The highest BCUT2D eigenvalue weighted by Crippen LogP contribution is 2.27. The first-order valence-corrected chi connectivity index (χ1v) is 7.85. The molecule has 0 saturated carbocycles. The molecule has 4 aromatic rings. The number of aromatic amines is 1. The van der Waals surface area contributed by atoms with Gasteiger partial charge in [-0.15, -0.1) is 0 Å². The van der Waals surface area contributed by atoms with Crippen molar-refractivity contribution in [2.75, 3.05) is 0 Å². The number of benzene rings is 2. The highest BCUT2D eigenvalue weighted by Gasteiger charge is 2.10. The van der Waals surface area contributed by atoms with E-state index in [0.717, 1.165) is 15.8 Å². The second-order valence-electron chi connectivity index (χ2n) is 5.10. The van der Waals surface area contributed by atoms with Gasteiger partial charge in [-0.25, -0.2) is 4.98 Å². The summed E-state index contributed by atoms with van der Waals surface area (Å²) in [4.78, 5) is 19.4. The molecule has 2 heterocycles. The molecule has 0 amide bonds. The van der Waals surface area contributed by atoms with Gasteiger partial charge in [-0.3, -0.25) is 4.79 Å². The fourth-order valence-corrected chi connectivity index (χ4v) is 2.70. The van der Waals surface area contributed by atoms with Gasteiger partial charge in [0.1, 0.15) is 5.76 Å². The molecule has 0 radical (unpaired) electrons. The van der Waals surface area contributed by atoms with E-state index in [1.54, 1.807) is 6.07 Å². The van der Waals surface area contributed by atoms with Crippen molar-refractivity contribution in [3.63, 3.8) is 0 Å². The maximum atomic E-state index is 12.1. The molecule has 0 aliphatic heterocycles. The maximum absolute atomic E-state index is 12.1. The van der Waals surface area contributed by atoms with Gasteiger partial charge in [0.25, 0.3) is 5.56 Å². The Hall–Kier alpha value is -2.66. The van der Waals surface area contributed by atoms with Crippen LogP contribution in [0.4, 0.5) is 0 Å². The number of furan rings is 1. The summed E-state index contributed by atoms with van der Waals surface area (Å²) in [6.07, 6.45) is 0. The summed E-state index contributed by atoms with van der Waals surface area (Å²) < 4.78 is 6.86. The van der Waals surface area contributed by atoms with E-state index in [1.807, 2.05) is 54.6 Å². The third-order valence-electron chi connectivity index (χ3n) is 3.58. The average Bonchev–Trinajstić information content (AvgIpc) is 3.05. The third kappa shape index (κ3) is 2.59. The Bertz CT molecular complexity index is 1050. The van der Waals surface area contributed by atoms with Crippen LogP contribution in [0, 0.1) is 0 Å². The fourth-order valence-electron chi connectivity index (χ4n) is 2.44. The maximum Gasteiger partial charge on any atom is 0.259 e. The van der Waals surface area contributed by atoms with Gasteiger partial charge >= 0.3 is 0 Å². The normalized spacial score (nSPS) is 11.0. The lowest BCUT2D eigenvalue weighted by Crippen LogP contribution is -2.08. The first-order chi connectivity index (χ1) is 11.2.